The van der Waals surface area contributed by atoms with Crippen LogP contribution in [0.3, 0.4) is 0 Å². The van der Waals surface area contributed by atoms with Crippen LogP contribution in [0.4, 0.5) is 13.2 Å². The van der Waals surface area contributed by atoms with Crippen molar-refractivity contribution in [1.82, 2.24) is 5.32 Å². The van der Waals surface area contributed by atoms with E-state index in [0.29, 0.717) is 6.42 Å². The van der Waals surface area contributed by atoms with E-state index < -0.39 is 24.0 Å². The number of hydrogen-bond donors (Lipinski definition) is 2. The lowest BCUT2D eigenvalue weighted by Gasteiger charge is -2.22. The quantitative estimate of drug-likeness (QED) is 0.697. The first-order valence-electron chi connectivity index (χ1n) is 5.33. The van der Waals surface area contributed by atoms with Crippen molar-refractivity contribution in [3.63, 3.8) is 0 Å². The molecule has 0 fully saturated rings. The Morgan fingerprint density at radius 3 is 2.31 bits per heavy atom. The van der Waals surface area contributed by atoms with Crippen LogP contribution in [0.1, 0.15) is 39.5 Å². The second kappa shape index (κ2) is 6.08. The van der Waals surface area contributed by atoms with Crippen LogP contribution in [0, 0.1) is 0 Å². The predicted molar refractivity (Wildman–Crippen MR) is 55.8 cm³/mol. The van der Waals surface area contributed by atoms with Crippen LogP contribution in [0.5, 0.6) is 0 Å². The van der Waals surface area contributed by atoms with Crippen LogP contribution >= 0.6 is 0 Å². The maximum atomic E-state index is 11.8. The molecule has 0 aromatic rings. The van der Waals surface area contributed by atoms with Gasteiger partial charge in [0.2, 0.25) is 5.91 Å². The van der Waals surface area contributed by atoms with Crippen molar-refractivity contribution in [1.29, 1.82) is 0 Å². The standard InChI is InChI=1S/C10H19F3N2O/c1-3-5-9(2,14)8(16)15-7-4-6-10(11,12)13/h3-7,14H2,1-2H3,(H,15,16). The van der Waals surface area contributed by atoms with Gasteiger partial charge in [0.1, 0.15) is 0 Å². The molecule has 96 valence electrons. The van der Waals surface area contributed by atoms with Gasteiger partial charge in [-0.1, -0.05) is 13.3 Å². The number of hydrogen-bond acceptors (Lipinski definition) is 2. The second-order valence-electron chi connectivity index (χ2n) is 4.14. The second-order valence-corrected chi connectivity index (χ2v) is 4.14. The number of nitrogens with two attached hydrogens (primary N) is 1. The largest absolute Gasteiger partial charge is 0.389 e. The molecule has 0 aromatic carbocycles. The van der Waals surface area contributed by atoms with Crippen LogP contribution in [-0.2, 0) is 4.79 Å². The molecule has 0 aliphatic rings. The SMILES string of the molecule is CCCC(C)(N)C(=O)NCCCC(F)(F)F. The van der Waals surface area contributed by atoms with Crippen LogP contribution < -0.4 is 11.1 Å². The molecule has 0 saturated heterocycles. The minimum absolute atomic E-state index is 0.00878. The van der Waals surface area contributed by atoms with Crippen molar-refractivity contribution >= 4 is 5.91 Å². The summed E-state index contributed by atoms with van der Waals surface area (Å²) in [5, 5.41) is 2.42. The molecule has 0 radical (unpaired) electrons. The summed E-state index contributed by atoms with van der Waals surface area (Å²) < 4.78 is 35.4. The van der Waals surface area contributed by atoms with Gasteiger partial charge in [-0.05, 0) is 19.8 Å². The van der Waals surface area contributed by atoms with Gasteiger partial charge in [0, 0.05) is 13.0 Å². The van der Waals surface area contributed by atoms with E-state index in [1.807, 2.05) is 6.92 Å². The highest BCUT2D eigenvalue weighted by molar-refractivity contribution is 5.85. The predicted octanol–water partition coefficient (Wildman–Crippen LogP) is 1.96. The Bertz CT molecular complexity index is 227. The molecule has 16 heavy (non-hydrogen) atoms. The zero-order valence-electron chi connectivity index (χ0n) is 9.66. The lowest BCUT2D eigenvalue weighted by Crippen LogP contribution is -2.51. The lowest BCUT2D eigenvalue weighted by molar-refractivity contribution is -0.136. The van der Waals surface area contributed by atoms with E-state index in [4.69, 9.17) is 5.73 Å². The summed E-state index contributed by atoms with van der Waals surface area (Å²) in [4.78, 5) is 11.5. The zero-order chi connectivity index (χ0) is 12.8. The summed E-state index contributed by atoms with van der Waals surface area (Å²) in [6.45, 7) is 3.48. The summed E-state index contributed by atoms with van der Waals surface area (Å²) in [7, 11) is 0. The number of carbonyl (C=O) groups is 1. The van der Waals surface area contributed by atoms with Crippen LogP contribution in [0.25, 0.3) is 0 Å². The molecule has 1 unspecified atom stereocenters. The van der Waals surface area contributed by atoms with Gasteiger partial charge < -0.3 is 11.1 Å². The van der Waals surface area contributed by atoms with E-state index in [1.165, 1.54) is 0 Å². The van der Waals surface area contributed by atoms with Gasteiger partial charge in [0.15, 0.2) is 0 Å². The van der Waals surface area contributed by atoms with Gasteiger partial charge >= 0.3 is 6.18 Å². The average Bonchev–Trinajstić information content (AvgIpc) is 2.10. The van der Waals surface area contributed by atoms with Gasteiger partial charge in [-0.2, -0.15) is 13.2 Å². The molecule has 0 rings (SSSR count). The molecule has 0 spiro atoms. The normalized spacial score (nSPS) is 15.6. The molecular formula is C10H19F3N2O. The first-order chi connectivity index (χ1) is 7.19. The molecular weight excluding hydrogens is 221 g/mol. The highest BCUT2D eigenvalue weighted by Crippen LogP contribution is 2.20. The van der Waals surface area contributed by atoms with Crippen molar-refractivity contribution in [2.45, 2.75) is 51.2 Å². The molecule has 3 nitrogen and oxygen atoms in total. The maximum absolute atomic E-state index is 11.8. The summed E-state index contributed by atoms with van der Waals surface area (Å²) in [6, 6.07) is 0. The number of halogens is 3. The van der Waals surface area contributed by atoms with Gasteiger partial charge in [-0.25, -0.2) is 0 Å². The third kappa shape index (κ3) is 6.66. The number of rotatable bonds is 6. The van der Waals surface area contributed by atoms with Crippen molar-refractivity contribution < 1.29 is 18.0 Å². The molecule has 0 aromatic heterocycles. The minimum Gasteiger partial charge on any atom is -0.355 e. The van der Waals surface area contributed by atoms with Gasteiger partial charge in [0.25, 0.3) is 0 Å². The maximum Gasteiger partial charge on any atom is 0.389 e. The fraction of sp³-hybridized carbons (Fsp3) is 0.900. The Morgan fingerprint density at radius 2 is 1.88 bits per heavy atom. The van der Waals surface area contributed by atoms with Crippen LogP contribution in [0.15, 0.2) is 0 Å². The molecule has 0 aliphatic heterocycles. The third-order valence-corrected chi connectivity index (χ3v) is 2.21. The van der Waals surface area contributed by atoms with E-state index in [2.05, 4.69) is 5.32 Å². The first kappa shape index (κ1) is 15.2. The summed E-state index contributed by atoms with van der Waals surface area (Å²) in [6.07, 6.45) is -3.90. The van der Waals surface area contributed by atoms with E-state index in [0.717, 1.165) is 6.42 Å². The molecule has 1 atom stereocenters. The summed E-state index contributed by atoms with van der Waals surface area (Å²) in [5.74, 6) is -0.392. The van der Waals surface area contributed by atoms with Crippen LogP contribution in [0.2, 0.25) is 0 Å². The summed E-state index contributed by atoms with van der Waals surface area (Å²) in [5.41, 5.74) is 4.71. The lowest BCUT2D eigenvalue weighted by atomic mass is 9.96. The third-order valence-electron chi connectivity index (χ3n) is 2.21. The highest BCUT2D eigenvalue weighted by Gasteiger charge is 2.28. The fourth-order valence-corrected chi connectivity index (χ4v) is 1.33. The van der Waals surface area contributed by atoms with Crippen molar-refractivity contribution in [2.75, 3.05) is 6.54 Å². The van der Waals surface area contributed by atoms with Crippen molar-refractivity contribution in [2.24, 2.45) is 5.73 Å². The Morgan fingerprint density at radius 1 is 1.31 bits per heavy atom. The fourth-order valence-electron chi connectivity index (χ4n) is 1.33. The number of nitrogens with one attached hydrogen (secondary N) is 1. The minimum atomic E-state index is -4.17. The Balaban J connectivity index is 3.82. The zero-order valence-corrected chi connectivity index (χ0v) is 9.66. The summed E-state index contributed by atoms with van der Waals surface area (Å²) >= 11 is 0. The number of alkyl halides is 3. The highest BCUT2D eigenvalue weighted by atomic mass is 19.4. The molecule has 0 bridgehead atoms. The molecule has 0 heterocycles. The van der Waals surface area contributed by atoms with E-state index in [9.17, 15) is 18.0 Å². The average molecular weight is 240 g/mol. The molecule has 1 amide bonds. The smallest absolute Gasteiger partial charge is 0.355 e. The van der Waals surface area contributed by atoms with Crippen molar-refractivity contribution in [3.05, 3.63) is 0 Å². The Kier molecular flexibility index (Phi) is 5.78. The van der Waals surface area contributed by atoms with E-state index >= 15 is 0 Å². The molecule has 6 heteroatoms. The van der Waals surface area contributed by atoms with Gasteiger partial charge in [0.05, 0.1) is 5.54 Å². The van der Waals surface area contributed by atoms with Crippen LogP contribution in [-0.4, -0.2) is 24.2 Å². The Labute approximate surface area is 93.6 Å². The monoisotopic (exact) mass is 240 g/mol. The Hall–Kier alpha value is -0.780. The number of carbonyl (C=O) groups excluding carboxylic acids is 1. The van der Waals surface area contributed by atoms with E-state index in [1.54, 1.807) is 6.92 Å². The molecule has 0 saturated carbocycles. The van der Waals surface area contributed by atoms with Gasteiger partial charge in [-0.15, -0.1) is 0 Å². The van der Waals surface area contributed by atoms with Gasteiger partial charge in [-0.3, -0.25) is 4.79 Å². The molecule has 0 aliphatic carbocycles. The molecule has 3 N–H and O–H groups in total. The first-order valence-corrected chi connectivity index (χ1v) is 5.33. The van der Waals surface area contributed by atoms with E-state index in [-0.39, 0.29) is 13.0 Å². The number of amides is 1. The van der Waals surface area contributed by atoms with Crippen molar-refractivity contribution in [3.8, 4) is 0 Å². The topological polar surface area (TPSA) is 55.1 Å².